The molecule has 3 heterocycles. The summed E-state index contributed by atoms with van der Waals surface area (Å²) in [6, 6.07) is 6.26. The molecular weight excluding hydrogens is 342 g/mol. The maximum absolute atomic E-state index is 12.6. The Morgan fingerprint density at radius 3 is 3.00 bits per heavy atom. The van der Waals surface area contributed by atoms with Gasteiger partial charge in [-0.15, -0.1) is 0 Å². The van der Waals surface area contributed by atoms with E-state index in [2.05, 4.69) is 41.4 Å². The van der Waals surface area contributed by atoms with Crippen molar-refractivity contribution in [3.05, 3.63) is 51.3 Å². The van der Waals surface area contributed by atoms with Crippen LogP contribution in [0.3, 0.4) is 0 Å². The number of nitrogens with zero attached hydrogens (tertiary/aromatic N) is 3. The fourth-order valence-corrected chi connectivity index (χ4v) is 3.98. The first-order valence-corrected chi connectivity index (χ1v) is 9.48. The molecule has 2 N–H and O–H groups in total. The highest BCUT2D eigenvalue weighted by Gasteiger charge is 2.27. The number of hydrogen-bond acceptors (Lipinski definition) is 3. The van der Waals surface area contributed by atoms with E-state index >= 15 is 0 Å². The molecule has 0 bridgehead atoms. The van der Waals surface area contributed by atoms with Crippen molar-refractivity contribution in [2.75, 3.05) is 0 Å². The topological polar surface area (TPSA) is 84.7 Å². The molecule has 2 aromatic heterocycles. The van der Waals surface area contributed by atoms with E-state index in [0.29, 0.717) is 19.5 Å². The normalized spacial score (nSPS) is 16.5. The van der Waals surface area contributed by atoms with Crippen molar-refractivity contribution in [2.24, 2.45) is 13.0 Å². The monoisotopic (exact) mass is 367 g/mol. The van der Waals surface area contributed by atoms with Crippen molar-refractivity contribution in [3.63, 3.8) is 0 Å². The van der Waals surface area contributed by atoms with Crippen LogP contribution in [0, 0.1) is 12.8 Å². The number of hydrogen-bond donors (Lipinski definition) is 2. The van der Waals surface area contributed by atoms with Gasteiger partial charge in [0.2, 0.25) is 5.91 Å². The van der Waals surface area contributed by atoms with Gasteiger partial charge in [0.15, 0.2) is 0 Å². The molecule has 1 amide bonds. The van der Waals surface area contributed by atoms with E-state index < -0.39 is 0 Å². The minimum Gasteiger partial charge on any atom is -0.358 e. The molecular formula is C20H25N5O2. The Hall–Kier alpha value is -2.83. The van der Waals surface area contributed by atoms with Gasteiger partial charge in [-0.2, -0.15) is 5.10 Å². The molecule has 142 valence electrons. The van der Waals surface area contributed by atoms with E-state index in [4.69, 9.17) is 0 Å². The van der Waals surface area contributed by atoms with Gasteiger partial charge in [0, 0.05) is 43.2 Å². The Morgan fingerprint density at radius 1 is 1.41 bits per heavy atom. The fourth-order valence-electron chi connectivity index (χ4n) is 3.98. The van der Waals surface area contributed by atoms with Crippen LogP contribution in [0.1, 0.15) is 36.0 Å². The van der Waals surface area contributed by atoms with Crippen LogP contribution >= 0.6 is 0 Å². The molecule has 7 heteroatoms. The smallest absolute Gasteiger partial charge is 0.345 e. The van der Waals surface area contributed by atoms with Crippen LogP contribution in [0.25, 0.3) is 10.9 Å². The molecule has 1 aliphatic heterocycles. The number of aromatic amines is 1. The SMILES string of the molecule is CCc1[nH]c2ccc(CNC(=O)[C@@H]3CCc4nn(C)c(=O)n4C3)cc2c1C. The molecule has 7 nitrogen and oxygen atoms in total. The highest BCUT2D eigenvalue weighted by Crippen LogP contribution is 2.23. The highest BCUT2D eigenvalue weighted by atomic mass is 16.2. The third kappa shape index (κ3) is 3.07. The first-order valence-electron chi connectivity index (χ1n) is 9.48. The van der Waals surface area contributed by atoms with Gasteiger partial charge in [0.1, 0.15) is 5.82 Å². The zero-order chi connectivity index (χ0) is 19.1. The third-order valence-electron chi connectivity index (χ3n) is 5.62. The van der Waals surface area contributed by atoms with Crippen LogP contribution < -0.4 is 11.0 Å². The Labute approximate surface area is 157 Å². The van der Waals surface area contributed by atoms with Crippen LogP contribution in [0.4, 0.5) is 0 Å². The quantitative estimate of drug-likeness (QED) is 0.738. The lowest BCUT2D eigenvalue weighted by atomic mass is 9.98. The lowest BCUT2D eigenvalue weighted by Gasteiger charge is -2.21. The zero-order valence-corrected chi connectivity index (χ0v) is 16.0. The summed E-state index contributed by atoms with van der Waals surface area (Å²) >= 11 is 0. The van der Waals surface area contributed by atoms with E-state index in [0.717, 1.165) is 29.7 Å². The van der Waals surface area contributed by atoms with Crippen LogP contribution in [0.2, 0.25) is 0 Å². The summed E-state index contributed by atoms with van der Waals surface area (Å²) in [4.78, 5) is 28.1. The molecule has 0 unspecified atom stereocenters. The summed E-state index contributed by atoms with van der Waals surface area (Å²) in [6.45, 7) is 5.17. The van der Waals surface area contributed by atoms with Crippen molar-refractivity contribution >= 4 is 16.8 Å². The fraction of sp³-hybridized carbons (Fsp3) is 0.450. The van der Waals surface area contributed by atoms with Crippen LogP contribution in [-0.4, -0.2) is 25.2 Å². The highest BCUT2D eigenvalue weighted by molar-refractivity contribution is 5.85. The maximum Gasteiger partial charge on any atom is 0.345 e. The van der Waals surface area contributed by atoms with Crippen molar-refractivity contribution < 1.29 is 4.79 Å². The molecule has 0 fully saturated rings. The molecule has 27 heavy (non-hydrogen) atoms. The minimum absolute atomic E-state index is 0.00321. The second kappa shape index (κ2) is 6.72. The molecule has 4 rings (SSSR count). The minimum atomic E-state index is -0.191. The standard InChI is InChI=1S/C20H25N5O2/c1-4-16-12(2)15-9-13(5-7-17(15)22-16)10-21-19(26)14-6-8-18-23-24(3)20(27)25(18)11-14/h5,7,9,14,22H,4,6,8,10-11H2,1-3H3,(H,21,26)/t14-/m1/s1. The van der Waals surface area contributed by atoms with Crippen molar-refractivity contribution in [3.8, 4) is 0 Å². The Bertz CT molecular complexity index is 1070. The maximum atomic E-state index is 12.6. The van der Waals surface area contributed by atoms with Gasteiger partial charge in [0.25, 0.3) is 0 Å². The zero-order valence-electron chi connectivity index (χ0n) is 16.0. The first kappa shape index (κ1) is 17.6. The summed E-state index contributed by atoms with van der Waals surface area (Å²) in [5.74, 6) is 0.576. The molecule has 0 radical (unpaired) electrons. The summed E-state index contributed by atoms with van der Waals surface area (Å²) in [5, 5.41) is 8.47. The van der Waals surface area contributed by atoms with E-state index in [1.165, 1.54) is 21.3 Å². The number of carbonyl (C=O) groups is 1. The van der Waals surface area contributed by atoms with E-state index in [1.807, 2.05) is 6.07 Å². The predicted octanol–water partition coefficient (Wildman–Crippen LogP) is 1.81. The lowest BCUT2D eigenvalue weighted by molar-refractivity contribution is -0.126. The van der Waals surface area contributed by atoms with Gasteiger partial charge in [-0.3, -0.25) is 9.36 Å². The summed E-state index contributed by atoms with van der Waals surface area (Å²) < 4.78 is 2.96. The van der Waals surface area contributed by atoms with Crippen LogP contribution in [0.5, 0.6) is 0 Å². The molecule has 1 atom stereocenters. The largest absolute Gasteiger partial charge is 0.358 e. The summed E-state index contributed by atoms with van der Waals surface area (Å²) in [7, 11) is 1.64. The molecule has 0 saturated carbocycles. The van der Waals surface area contributed by atoms with Gasteiger partial charge in [-0.05, 0) is 43.0 Å². The molecule has 0 saturated heterocycles. The second-order valence-electron chi connectivity index (χ2n) is 7.35. The van der Waals surface area contributed by atoms with Gasteiger partial charge < -0.3 is 10.3 Å². The van der Waals surface area contributed by atoms with E-state index in [9.17, 15) is 9.59 Å². The Balaban J connectivity index is 1.45. The van der Waals surface area contributed by atoms with Crippen molar-refractivity contribution in [1.29, 1.82) is 0 Å². The first-order chi connectivity index (χ1) is 13.0. The lowest BCUT2D eigenvalue weighted by Crippen LogP contribution is -2.38. The predicted molar refractivity (Wildman–Crippen MR) is 104 cm³/mol. The third-order valence-corrected chi connectivity index (χ3v) is 5.62. The van der Waals surface area contributed by atoms with E-state index in [-0.39, 0.29) is 17.5 Å². The van der Waals surface area contributed by atoms with E-state index in [1.54, 1.807) is 11.6 Å². The summed E-state index contributed by atoms with van der Waals surface area (Å²) in [6.07, 6.45) is 2.35. The number of nitrogens with one attached hydrogen (secondary N) is 2. The number of rotatable bonds is 4. The number of H-pyrrole nitrogens is 1. The van der Waals surface area contributed by atoms with Crippen molar-refractivity contribution in [1.82, 2.24) is 24.6 Å². The second-order valence-corrected chi connectivity index (χ2v) is 7.35. The van der Waals surface area contributed by atoms with Crippen LogP contribution in [0.15, 0.2) is 23.0 Å². The number of aryl methyl sites for hydroxylation is 4. The number of amides is 1. The number of fused-ring (bicyclic) bond motifs is 2. The Kier molecular flexibility index (Phi) is 4.37. The number of carbonyl (C=O) groups excluding carboxylic acids is 1. The average Bonchev–Trinajstić information content (AvgIpc) is 3.15. The molecule has 3 aromatic rings. The van der Waals surface area contributed by atoms with Crippen molar-refractivity contribution in [2.45, 2.75) is 46.2 Å². The molecule has 0 spiro atoms. The number of aromatic nitrogens is 4. The molecule has 0 aliphatic carbocycles. The average molecular weight is 367 g/mol. The Morgan fingerprint density at radius 2 is 2.22 bits per heavy atom. The van der Waals surface area contributed by atoms with Gasteiger partial charge in [0.05, 0.1) is 5.92 Å². The van der Waals surface area contributed by atoms with Gasteiger partial charge >= 0.3 is 5.69 Å². The number of benzene rings is 1. The molecule has 1 aromatic carbocycles. The van der Waals surface area contributed by atoms with Gasteiger partial charge in [-0.25, -0.2) is 9.48 Å². The van der Waals surface area contributed by atoms with Crippen LogP contribution in [-0.2, 0) is 37.8 Å². The van der Waals surface area contributed by atoms with Gasteiger partial charge in [-0.1, -0.05) is 13.0 Å². The summed E-state index contributed by atoms with van der Waals surface area (Å²) in [5.41, 5.74) is 4.59. The molecule has 1 aliphatic rings.